The Morgan fingerprint density at radius 3 is 2.93 bits per heavy atom. The Kier molecular flexibility index (Phi) is 3.37. The van der Waals surface area contributed by atoms with Crippen molar-refractivity contribution in [1.82, 2.24) is 10.5 Å². The molecule has 0 unspecified atom stereocenters. The van der Waals surface area contributed by atoms with Gasteiger partial charge in [0.25, 0.3) is 0 Å². The summed E-state index contributed by atoms with van der Waals surface area (Å²) in [6.45, 7) is 1.47. The van der Waals surface area contributed by atoms with Crippen molar-refractivity contribution in [2.75, 3.05) is 0 Å². The lowest BCUT2D eigenvalue weighted by molar-refractivity contribution is 0.408. The molecule has 0 bridgehead atoms. The van der Waals surface area contributed by atoms with Crippen LogP contribution in [0.3, 0.4) is 0 Å². The smallest absolute Gasteiger partial charge is 0.124 e. The highest BCUT2D eigenvalue weighted by molar-refractivity contribution is 6.30. The molecule has 0 saturated carbocycles. The first-order valence-corrected chi connectivity index (χ1v) is 5.07. The lowest BCUT2D eigenvalue weighted by atomic mass is 10.2. The average molecular weight is 223 g/mol. The molecule has 78 valence electrons. The Hall–Kier alpha value is -1.32. The molecule has 0 aliphatic rings. The van der Waals surface area contributed by atoms with E-state index in [-0.39, 0.29) is 0 Å². The Morgan fingerprint density at radius 2 is 2.20 bits per heavy atom. The topological polar surface area (TPSA) is 38.1 Å². The van der Waals surface area contributed by atoms with Gasteiger partial charge in [0.15, 0.2) is 0 Å². The molecule has 0 aliphatic carbocycles. The summed E-state index contributed by atoms with van der Waals surface area (Å²) in [6, 6.07) is 9.61. The predicted molar refractivity (Wildman–Crippen MR) is 58.5 cm³/mol. The van der Waals surface area contributed by atoms with E-state index in [1.54, 1.807) is 6.26 Å². The van der Waals surface area contributed by atoms with E-state index >= 15 is 0 Å². The molecule has 3 nitrogen and oxygen atoms in total. The fraction of sp³-hybridized carbons (Fsp3) is 0.182. The number of rotatable bonds is 4. The molecule has 0 amide bonds. The molecule has 2 rings (SSSR count). The molecule has 0 spiro atoms. The second kappa shape index (κ2) is 4.96. The number of nitrogens with zero attached hydrogens (tertiary/aromatic N) is 1. The first kappa shape index (κ1) is 10.2. The summed E-state index contributed by atoms with van der Waals surface area (Å²) < 4.78 is 4.73. The van der Waals surface area contributed by atoms with Crippen LogP contribution in [0.5, 0.6) is 0 Å². The van der Waals surface area contributed by atoms with Crippen molar-refractivity contribution in [3.05, 3.63) is 52.9 Å². The Morgan fingerprint density at radius 1 is 1.27 bits per heavy atom. The highest BCUT2D eigenvalue weighted by atomic mass is 35.5. The monoisotopic (exact) mass is 222 g/mol. The molecule has 0 aliphatic heterocycles. The minimum atomic E-state index is 0.697. The molecule has 0 saturated heterocycles. The number of hydrogen-bond donors (Lipinski definition) is 1. The van der Waals surface area contributed by atoms with E-state index < -0.39 is 0 Å². The second-order valence-electron chi connectivity index (χ2n) is 3.22. The van der Waals surface area contributed by atoms with Gasteiger partial charge in [0.05, 0.1) is 5.69 Å². The standard InChI is InChI=1S/C11H11ClN2O/c12-10-3-1-2-9(6-10)7-13-8-11-4-5-15-14-11/h1-6,13H,7-8H2. The zero-order chi connectivity index (χ0) is 10.5. The van der Waals surface area contributed by atoms with Crippen LogP contribution in [0, 0.1) is 0 Å². The molecular weight excluding hydrogens is 212 g/mol. The van der Waals surface area contributed by atoms with Crippen molar-refractivity contribution >= 4 is 11.6 Å². The van der Waals surface area contributed by atoms with Gasteiger partial charge in [-0.1, -0.05) is 28.9 Å². The van der Waals surface area contributed by atoms with Gasteiger partial charge in [0.2, 0.25) is 0 Å². The van der Waals surface area contributed by atoms with Crippen LogP contribution < -0.4 is 5.32 Å². The van der Waals surface area contributed by atoms with Crippen LogP contribution >= 0.6 is 11.6 Å². The molecule has 1 heterocycles. The molecule has 1 N–H and O–H groups in total. The third-order valence-electron chi connectivity index (χ3n) is 2.02. The van der Waals surface area contributed by atoms with Gasteiger partial charge in [0.1, 0.15) is 6.26 Å². The van der Waals surface area contributed by atoms with Gasteiger partial charge in [-0.15, -0.1) is 0 Å². The Bertz CT molecular complexity index is 414. The fourth-order valence-corrected chi connectivity index (χ4v) is 1.52. The van der Waals surface area contributed by atoms with E-state index in [2.05, 4.69) is 10.5 Å². The van der Waals surface area contributed by atoms with E-state index in [1.165, 1.54) is 0 Å². The van der Waals surface area contributed by atoms with Gasteiger partial charge in [-0.25, -0.2) is 0 Å². The van der Waals surface area contributed by atoms with Crippen molar-refractivity contribution in [2.45, 2.75) is 13.1 Å². The Balaban J connectivity index is 1.83. The maximum atomic E-state index is 5.87. The zero-order valence-electron chi connectivity index (χ0n) is 8.11. The minimum Gasteiger partial charge on any atom is -0.364 e. The fourth-order valence-electron chi connectivity index (χ4n) is 1.31. The Labute approximate surface area is 93.0 Å². The number of aromatic nitrogens is 1. The first-order valence-electron chi connectivity index (χ1n) is 4.69. The molecule has 1 aromatic carbocycles. The maximum absolute atomic E-state index is 5.87. The summed E-state index contributed by atoms with van der Waals surface area (Å²) in [5, 5.41) is 7.81. The summed E-state index contributed by atoms with van der Waals surface area (Å²) in [5.74, 6) is 0. The van der Waals surface area contributed by atoms with Gasteiger partial charge in [-0.05, 0) is 17.7 Å². The molecule has 2 aromatic rings. The van der Waals surface area contributed by atoms with Crippen LogP contribution in [0.1, 0.15) is 11.3 Å². The molecule has 4 heteroatoms. The lowest BCUT2D eigenvalue weighted by Crippen LogP contribution is -2.12. The molecule has 0 atom stereocenters. The summed E-state index contributed by atoms with van der Waals surface area (Å²) >= 11 is 5.87. The average Bonchev–Trinajstić information content (AvgIpc) is 2.71. The van der Waals surface area contributed by atoms with Crippen molar-refractivity contribution in [3.8, 4) is 0 Å². The van der Waals surface area contributed by atoms with Crippen molar-refractivity contribution in [2.24, 2.45) is 0 Å². The lowest BCUT2D eigenvalue weighted by Gasteiger charge is -2.02. The third-order valence-corrected chi connectivity index (χ3v) is 2.25. The van der Waals surface area contributed by atoms with Crippen molar-refractivity contribution in [3.63, 3.8) is 0 Å². The second-order valence-corrected chi connectivity index (χ2v) is 3.66. The highest BCUT2D eigenvalue weighted by Gasteiger charge is 1.97. The van der Waals surface area contributed by atoms with Crippen LogP contribution in [0.15, 0.2) is 41.1 Å². The zero-order valence-corrected chi connectivity index (χ0v) is 8.87. The highest BCUT2D eigenvalue weighted by Crippen LogP contribution is 2.10. The molecule has 1 aromatic heterocycles. The van der Waals surface area contributed by atoms with Crippen molar-refractivity contribution < 1.29 is 4.52 Å². The largest absolute Gasteiger partial charge is 0.364 e. The van der Waals surface area contributed by atoms with Gasteiger partial charge in [-0.3, -0.25) is 0 Å². The van der Waals surface area contributed by atoms with E-state index in [4.69, 9.17) is 16.1 Å². The molecular formula is C11H11ClN2O. The SMILES string of the molecule is Clc1cccc(CNCc2ccon2)c1. The quantitative estimate of drug-likeness (QED) is 0.864. The van der Waals surface area contributed by atoms with Crippen molar-refractivity contribution in [1.29, 1.82) is 0 Å². The normalized spacial score (nSPS) is 10.5. The minimum absolute atomic E-state index is 0.697. The number of halogens is 1. The first-order chi connectivity index (χ1) is 7.34. The predicted octanol–water partition coefficient (Wildman–Crippen LogP) is 2.62. The van der Waals surface area contributed by atoms with Gasteiger partial charge >= 0.3 is 0 Å². The van der Waals surface area contributed by atoms with Gasteiger partial charge in [-0.2, -0.15) is 0 Å². The number of nitrogens with one attached hydrogen (secondary N) is 1. The molecule has 15 heavy (non-hydrogen) atoms. The van der Waals surface area contributed by atoms with E-state index in [0.29, 0.717) is 6.54 Å². The molecule has 0 fully saturated rings. The summed E-state index contributed by atoms with van der Waals surface area (Å²) in [7, 11) is 0. The van der Waals surface area contributed by atoms with Crippen LogP contribution in [-0.4, -0.2) is 5.16 Å². The summed E-state index contributed by atoms with van der Waals surface area (Å²) in [6.07, 6.45) is 1.57. The van der Waals surface area contributed by atoms with Gasteiger partial charge < -0.3 is 9.84 Å². The third kappa shape index (κ3) is 3.08. The van der Waals surface area contributed by atoms with Crippen LogP contribution in [0.4, 0.5) is 0 Å². The molecule has 0 radical (unpaired) electrons. The van der Waals surface area contributed by atoms with Crippen LogP contribution in [0.2, 0.25) is 5.02 Å². The van der Waals surface area contributed by atoms with Gasteiger partial charge in [0, 0.05) is 24.2 Å². The van der Waals surface area contributed by atoms with Crippen LogP contribution in [0.25, 0.3) is 0 Å². The number of hydrogen-bond acceptors (Lipinski definition) is 3. The van der Waals surface area contributed by atoms with E-state index in [9.17, 15) is 0 Å². The summed E-state index contributed by atoms with van der Waals surface area (Å²) in [4.78, 5) is 0. The van der Waals surface area contributed by atoms with E-state index in [0.717, 1.165) is 22.8 Å². The van der Waals surface area contributed by atoms with Crippen LogP contribution in [-0.2, 0) is 13.1 Å². The van der Waals surface area contributed by atoms with E-state index in [1.807, 2.05) is 30.3 Å². The summed E-state index contributed by atoms with van der Waals surface area (Å²) in [5.41, 5.74) is 2.06. The number of benzene rings is 1. The maximum Gasteiger partial charge on any atom is 0.124 e.